The molecule has 0 bridgehead atoms. The summed E-state index contributed by atoms with van der Waals surface area (Å²) in [5.74, 6) is -1.23. The average Bonchev–Trinajstić information content (AvgIpc) is 2.98. The topological polar surface area (TPSA) is 140 Å². The second-order valence-electron chi connectivity index (χ2n) is 3.65. The van der Waals surface area contributed by atoms with Gasteiger partial charge in [0.2, 0.25) is 11.9 Å². The monoisotopic (exact) mass is 280 g/mol. The number of carbonyl (C=O) groups is 2. The fourth-order valence-corrected chi connectivity index (χ4v) is 1.28. The lowest BCUT2D eigenvalue weighted by Crippen LogP contribution is -2.24. The van der Waals surface area contributed by atoms with Gasteiger partial charge >= 0.3 is 11.9 Å². The van der Waals surface area contributed by atoms with E-state index in [1.807, 2.05) is 0 Å². The molecule has 0 radical (unpaired) electrons. The second kappa shape index (κ2) is 5.73. The van der Waals surface area contributed by atoms with Crippen LogP contribution in [-0.2, 0) is 9.59 Å². The van der Waals surface area contributed by atoms with Crippen LogP contribution in [0.4, 0.5) is 11.9 Å². The van der Waals surface area contributed by atoms with Crippen LogP contribution in [0.15, 0.2) is 24.8 Å². The third kappa shape index (κ3) is 3.25. The first-order valence-electron chi connectivity index (χ1n) is 5.56. The summed E-state index contributed by atoms with van der Waals surface area (Å²) in [4.78, 5) is 39.9. The number of aromatic nitrogens is 4. The first-order valence-corrected chi connectivity index (χ1v) is 5.56. The van der Waals surface area contributed by atoms with Gasteiger partial charge in [0.05, 0.1) is 37.6 Å². The number of hydrogen-bond acceptors (Lipinski definition) is 8. The number of hydrogen-bond donors (Lipinski definition) is 2. The molecular weight excluding hydrogens is 268 g/mol. The van der Waals surface area contributed by atoms with Gasteiger partial charge in [-0.15, -0.1) is 9.46 Å². The predicted molar refractivity (Wildman–Crippen MR) is 65.7 cm³/mol. The van der Waals surface area contributed by atoms with Crippen LogP contribution in [0.25, 0.3) is 0 Å². The molecule has 2 rings (SSSR count). The maximum absolute atomic E-state index is 11.5. The highest BCUT2D eigenvalue weighted by Crippen LogP contribution is 2.00. The number of imidazole rings is 2. The molecule has 10 heteroatoms. The Kier molecular flexibility index (Phi) is 3.84. The van der Waals surface area contributed by atoms with Crippen LogP contribution in [0.3, 0.4) is 0 Å². The molecule has 0 aliphatic heterocycles. The smallest absolute Gasteiger partial charge is 0.333 e. The lowest BCUT2D eigenvalue weighted by Gasteiger charge is -2.06. The van der Waals surface area contributed by atoms with Gasteiger partial charge in [-0.25, -0.2) is 19.6 Å². The Balaban J connectivity index is 1.77. The van der Waals surface area contributed by atoms with Crippen molar-refractivity contribution in [3.8, 4) is 0 Å². The number of carbonyl (C=O) groups excluding carboxylic acids is 2. The van der Waals surface area contributed by atoms with E-state index in [1.54, 1.807) is 0 Å². The molecule has 20 heavy (non-hydrogen) atoms. The van der Waals surface area contributed by atoms with Gasteiger partial charge in [0.15, 0.2) is 0 Å². The van der Waals surface area contributed by atoms with Crippen molar-refractivity contribution in [2.24, 2.45) is 0 Å². The zero-order chi connectivity index (χ0) is 14.5. The fraction of sp³-hybridized carbons (Fsp3) is 0.200. The molecular formula is C10H12N6O4. The van der Waals surface area contributed by atoms with Crippen LogP contribution < -0.4 is 21.1 Å². The Bertz CT molecular complexity index is 565. The summed E-state index contributed by atoms with van der Waals surface area (Å²) in [6.07, 6.45) is 5.14. The summed E-state index contributed by atoms with van der Waals surface area (Å²) in [5, 5.41) is 0. The van der Waals surface area contributed by atoms with Crippen LogP contribution in [0.5, 0.6) is 0 Å². The summed E-state index contributed by atoms with van der Waals surface area (Å²) in [6, 6.07) is 0. The highest BCUT2D eigenvalue weighted by Gasteiger charge is 2.13. The van der Waals surface area contributed by atoms with Crippen molar-refractivity contribution < 1.29 is 19.3 Å². The molecule has 0 spiro atoms. The molecule has 0 saturated carbocycles. The van der Waals surface area contributed by atoms with E-state index in [2.05, 4.69) is 9.97 Å². The van der Waals surface area contributed by atoms with Crippen LogP contribution in [0.2, 0.25) is 0 Å². The van der Waals surface area contributed by atoms with E-state index in [0.717, 1.165) is 9.46 Å². The predicted octanol–water partition coefficient (Wildman–Crippen LogP) is -1.37. The summed E-state index contributed by atoms with van der Waals surface area (Å²) in [7, 11) is 0. The van der Waals surface area contributed by atoms with Crippen molar-refractivity contribution in [1.82, 2.24) is 19.4 Å². The molecule has 0 aliphatic rings. The molecule has 4 N–H and O–H groups in total. The van der Waals surface area contributed by atoms with Crippen LogP contribution in [-0.4, -0.2) is 31.4 Å². The van der Waals surface area contributed by atoms with E-state index in [0.29, 0.717) is 0 Å². The first kappa shape index (κ1) is 13.4. The molecule has 2 heterocycles. The second-order valence-corrected chi connectivity index (χ2v) is 3.65. The number of nitrogen functional groups attached to an aromatic ring is 2. The quantitative estimate of drug-likeness (QED) is 0.683. The molecule has 0 saturated heterocycles. The van der Waals surface area contributed by atoms with E-state index < -0.39 is 11.9 Å². The Hall–Kier alpha value is -3.04. The molecule has 2 aromatic rings. The van der Waals surface area contributed by atoms with E-state index in [4.69, 9.17) is 21.1 Å². The zero-order valence-electron chi connectivity index (χ0n) is 10.3. The molecule has 2 aromatic heterocycles. The third-order valence-electron chi connectivity index (χ3n) is 2.20. The van der Waals surface area contributed by atoms with Gasteiger partial charge in [0.25, 0.3) is 0 Å². The molecule has 0 unspecified atom stereocenters. The Labute approximate surface area is 112 Å². The Morgan fingerprint density at radius 3 is 1.65 bits per heavy atom. The van der Waals surface area contributed by atoms with Gasteiger partial charge in [-0.1, -0.05) is 0 Å². The summed E-state index contributed by atoms with van der Waals surface area (Å²) < 4.78 is 2.00. The summed E-state index contributed by atoms with van der Waals surface area (Å²) in [5.41, 5.74) is 10.8. The minimum absolute atomic E-state index is 0.0344. The van der Waals surface area contributed by atoms with Crippen molar-refractivity contribution in [1.29, 1.82) is 0 Å². The van der Waals surface area contributed by atoms with Crippen LogP contribution in [0.1, 0.15) is 12.8 Å². The van der Waals surface area contributed by atoms with Crippen molar-refractivity contribution >= 4 is 23.8 Å². The van der Waals surface area contributed by atoms with E-state index in [-0.39, 0.29) is 24.7 Å². The largest absolute Gasteiger partial charge is 0.367 e. The average molecular weight is 280 g/mol. The van der Waals surface area contributed by atoms with Gasteiger partial charge in [-0.3, -0.25) is 0 Å². The Morgan fingerprint density at radius 1 is 0.950 bits per heavy atom. The van der Waals surface area contributed by atoms with Crippen molar-refractivity contribution in [3.05, 3.63) is 24.8 Å². The molecule has 0 fully saturated rings. The van der Waals surface area contributed by atoms with Gasteiger partial charge in [0.1, 0.15) is 0 Å². The number of nitrogens with two attached hydrogens (primary N) is 2. The molecule has 0 aliphatic carbocycles. The maximum atomic E-state index is 11.5. The van der Waals surface area contributed by atoms with Crippen molar-refractivity contribution in [2.45, 2.75) is 12.8 Å². The Morgan fingerprint density at radius 2 is 1.35 bits per heavy atom. The van der Waals surface area contributed by atoms with Crippen LogP contribution >= 0.6 is 0 Å². The fourth-order valence-electron chi connectivity index (χ4n) is 1.28. The third-order valence-corrected chi connectivity index (χ3v) is 2.20. The number of rotatable bonds is 5. The zero-order valence-corrected chi connectivity index (χ0v) is 10.3. The minimum Gasteiger partial charge on any atom is -0.367 e. The highest BCUT2D eigenvalue weighted by molar-refractivity contribution is 5.78. The van der Waals surface area contributed by atoms with Crippen molar-refractivity contribution in [3.63, 3.8) is 0 Å². The number of nitrogens with zero attached hydrogens (tertiary/aromatic N) is 4. The van der Waals surface area contributed by atoms with E-state index in [1.165, 1.54) is 24.8 Å². The van der Waals surface area contributed by atoms with Gasteiger partial charge in [0, 0.05) is 0 Å². The van der Waals surface area contributed by atoms with E-state index >= 15 is 0 Å². The molecule has 0 aromatic carbocycles. The van der Waals surface area contributed by atoms with Gasteiger partial charge in [-0.05, 0) is 0 Å². The summed E-state index contributed by atoms with van der Waals surface area (Å²) >= 11 is 0. The lowest BCUT2D eigenvalue weighted by molar-refractivity contribution is -0.150. The van der Waals surface area contributed by atoms with Crippen molar-refractivity contribution in [2.75, 3.05) is 11.5 Å². The minimum atomic E-state index is -0.648. The van der Waals surface area contributed by atoms with Crippen LogP contribution in [0, 0.1) is 0 Å². The highest BCUT2D eigenvalue weighted by atomic mass is 16.7. The van der Waals surface area contributed by atoms with Gasteiger partial charge < -0.3 is 21.1 Å². The first-order chi connectivity index (χ1) is 9.56. The number of anilines is 2. The molecule has 106 valence electrons. The maximum Gasteiger partial charge on any atom is 0.333 e. The SMILES string of the molecule is Nc1nccn1OC(=O)CCC(=O)On1ccnc1N. The standard InChI is InChI=1S/C10H12N6O4/c11-9-13-3-5-15(9)19-7(17)1-2-8(18)20-16-6-4-14-10(16)12/h3-6H,1-2H2,(H2,11,13)(H2,12,14). The normalized spacial score (nSPS) is 10.2. The van der Waals surface area contributed by atoms with Gasteiger partial charge in [-0.2, -0.15) is 0 Å². The van der Waals surface area contributed by atoms with E-state index in [9.17, 15) is 9.59 Å². The molecule has 10 nitrogen and oxygen atoms in total. The lowest BCUT2D eigenvalue weighted by atomic mass is 10.3. The molecule has 0 atom stereocenters. The summed E-state index contributed by atoms with van der Waals surface area (Å²) in [6.45, 7) is 0. The molecule has 0 amide bonds.